The molecule has 0 atom stereocenters. The largest absolute Gasteiger partial charge is 0.573 e. The van der Waals surface area contributed by atoms with Gasteiger partial charge in [0.25, 0.3) is 11.8 Å². The molecule has 0 bridgehead atoms. The van der Waals surface area contributed by atoms with E-state index < -0.39 is 23.9 Å². The van der Waals surface area contributed by atoms with Crippen molar-refractivity contribution in [3.63, 3.8) is 0 Å². The third-order valence-electron chi connectivity index (χ3n) is 3.49. The lowest BCUT2D eigenvalue weighted by Crippen LogP contribution is -2.31. The Labute approximate surface area is 161 Å². The Kier molecular flexibility index (Phi) is 5.34. The van der Waals surface area contributed by atoms with Crippen LogP contribution >= 0.6 is 23.1 Å². The van der Waals surface area contributed by atoms with Crippen LogP contribution in [-0.2, 0) is 9.59 Å². The van der Waals surface area contributed by atoms with Crippen molar-refractivity contribution in [3.05, 3.63) is 51.6 Å². The van der Waals surface area contributed by atoms with Gasteiger partial charge in [-0.1, -0.05) is 19.9 Å². The van der Waals surface area contributed by atoms with Crippen LogP contribution in [0.3, 0.4) is 0 Å². The van der Waals surface area contributed by atoms with Gasteiger partial charge in [-0.2, -0.15) is 0 Å². The number of alkyl halides is 3. The number of thioether (sulfide) groups is 1. The number of benzene rings is 1. The second kappa shape index (κ2) is 7.40. The smallest absolute Gasteiger partial charge is 0.406 e. The first-order valence-corrected chi connectivity index (χ1v) is 9.62. The molecule has 2 aromatic rings. The zero-order valence-corrected chi connectivity index (χ0v) is 15.9. The van der Waals surface area contributed by atoms with E-state index in [-0.39, 0.29) is 10.9 Å². The van der Waals surface area contributed by atoms with Crippen LogP contribution in [0.15, 0.2) is 46.7 Å². The molecular formula is C18H14F3NO3S2. The molecule has 0 N–H and O–H groups in total. The Morgan fingerprint density at radius 1 is 1.07 bits per heavy atom. The predicted octanol–water partition coefficient (Wildman–Crippen LogP) is 5.07. The SMILES string of the molecule is CC(C)SC1=C(c2cccs2)C(=O)N(c2ccc(OC(F)(F)F)cc2)C1=O. The molecule has 0 aliphatic carbocycles. The molecule has 1 aliphatic rings. The molecule has 27 heavy (non-hydrogen) atoms. The Morgan fingerprint density at radius 3 is 2.26 bits per heavy atom. The maximum absolute atomic E-state index is 12.9. The van der Waals surface area contributed by atoms with Gasteiger partial charge in [0, 0.05) is 10.1 Å². The summed E-state index contributed by atoms with van der Waals surface area (Å²) in [7, 11) is 0. The Bertz CT molecular complexity index is 888. The quantitative estimate of drug-likeness (QED) is 0.642. The van der Waals surface area contributed by atoms with Crippen molar-refractivity contribution in [3.8, 4) is 5.75 Å². The monoisotopic (exact) mass is 413 g/mol. The molecule has 2 heterocycles. The van der Waals surface area contributed by atoms with Gasteiger partial charge in [-0.05, 0) is 35.7 Å². The number of hydrogen-bond donors (Lipinski definition) is 0. The molecule has 9 heteroatoms. The van der Waals surface area contributed by atoms with E-state index >= 15 is 0 Å². The van der Waals surface area contributed by atoms with Crippen LogP contribution in [0.5, 0.6) is 5.75 Å². The molecule has 0 spiro atoms. The highest BCUT2D eigenvalue weighted by Gasteiger charge is 2.41. The van der Waals surface area contributed by atoms with Gasteiger partial charge in [0.15, 0.2) is 0 Å². The van der Waals surface area contributed by atoms with Gasteiger partial charge < -0.3 is 4.74 Å². The first kappa shape index (κ1) is 19.5. The molecule has 0 radical (unpaired) electrons. The van der Waals surface area contributed by atoms with Crippen LogP contribution in [0.2, 0.25) is 0 Å². The van der Waals surface area contributed by atoms with Crippen molar-refractivity contribution in [2.75, 3.05) is 4.90 Å². The molecule has 0 fully saturated rings. The highest BCUT2D eigenvalue weighted by Crippen LogP contribution is 2.41. The molecule has 1 aliphatic heterocycles. The minimum Gasteiger partial charge on any atom is -0.406 e. The van der Waals surface area contributed by atoms with Crippen LogP contribution in [0.4, 0.5) is 18.9 Å². The minimum atomic E-state index is -4.81. The second-order valence-electron chi connectivity index (χ2n) is 5.84. The summed E-state index contributed by atoms with van der Waals surface area (Å²) in [6.45, 7) is 3.82. The van der Waals surface area contributed by atoms with Crippen LogP contribution in [0, 0.1) is 0 Å². The van der Waals surface area contributed by atoms with E-state index in [9.17, 15) is 22.8 Å². The number of carbonyl (C=O) groups excluding carboxylic acids is 2. The number of ether oxygens (including phenoxy) is 1. The number of imide groups is 1. The molecule has 142 valence electrons. The summed E-state index contributed by atoms with van der Waals surface area (Å²) in [5.74, 6) is -1.39. The predicted molar refractivity (Wildman–Crippen MR) is 99.6 cm³/mol. The number of rotatable bonds is 5. The van der Waals surface area contributed by atoms with Gasteiger partial charge in [0.05, 0.1) is 16.2 Å². The number of hydrogen-bond acceptors (Lipinski definition) is 5. The Balaban J connectivity index is 1.94. The summed E-state index contributed by atoms with van der Waals surface area (Å²) < 4.78 is 40.7. The third kappa shape index (κ3) is 4.19. The zero-order valence-electron chi connectivity index (χ0n) is 14.2. The van der Waals surface area contributed by atoms with E-state index in [1.165, 1.54) is 35.2 Å². The molecule has 0 saturated carbocycles. The van der Waals surface area contributed by atoms with E-state index in [0.717, 1.165) is 17.0 Å². The van der Waals surface area contributed by atoms with Gasteiger partial charge in [0.1, 0.15) is 5.75 Å². The van der Waals surface area contributed by atoms with Crippen molar-refractivity contribution < 1.29 is 27.5 Å². The van der Waals surface area contributed by atoms with Crippen LogP contribution in [0.1, 0.15) is 18.7 Å². The van der Waals surface area contributed by atoms with Crippen molar-refractivity contribution in [2.45, 2.75) is 25.5 Å². The lowest BCUT2D eigenvalue weighted by molar-refractivity contribution is -0.274. The standard InChI is InChI=1S/C18H14F3NO3S2/c1-10(2)27-15-14(13-4-3-9-26-13)16(23)22(17(15)24)11-5-7-12(8-6-11)25-18(19,20)21/h3-10H,1-2H3. The Morgan fingerprint density at radius 2 is 1.74 bits per heavy atom. The van der Waals surface area contributed by atoms with E-state index in [0.29, 0.717) is 15.4 Å². The highest BCUT2D eigenvalue weighted by molar-refractivity contribution is 8.04. The topological polar surface area (TPSA) is 46.6 Å². The van der Waals surface area contributed by atoms with Crippen LogP contribution < -0.4 is 9.64 Å². The summed E-state index contributed by atoms with van der Waals surface area (Å²) in [6, 6.07) is 8.20. The number of carbonyl (C=O) groups is 2. The molecule has 2 amide bonds. The number of anilines is 1. The van der Waals surface area contributed by atoms with Crippen LogP contribution in [-0.4, -0.2) is 23.4 Å². The van der Waals surface area contributed by atoms with Crippen molar-refractivity contribution >= 4 is 46.2 Å². The summed E-state index contributed by atoms with van der Waals surface area (Å²) in [5, 5.41) is 1.89. The van der Waals surface area contributed by atoms with Gasteiger partial charge in [0.2, 0.25) is 0 Å². The maximum Gasteiger partial charge on any atom is 0.573 e. The molecule has 0 saturated heterocycles. The number of nitrogens with zero attached hydrogens (tertiary/aromatic N) is 1. The van der Waals surface area contributed by atoms with Gasteiger partial charge >= 0.3 is 6.36 Å². The first-order chi connectivity index (χ1) is 12.7. The van der Waals surface area contributed by atoms with Crippen molar-refractivity contribution in [1.29, 1.82) is 0 Å². The van der Waals surface area contributed by atoms with E-state index in [4.69, 9.17) is 0 Å². The summed E-state index contributed by atoms with van der Waals surface area (Å²) in [5.41, 5.74) is 0.511. The lowest BCUT2D eigenvalue weighted by atomic mass is 10.2. The van der Waals surface area contributed by atoms with Crippen molar-refractivity contribution in [1.82, 2.24) is 0 Å². The average Bonchev–Trinajstić information content (AvgIpc) is 3.15. The summed E-state index contributed by atoms with van der Waals surface area (Å²) in [6.07, 6.45) is -4.81. The Hall–Kier alpha value is -2.26. The zero-order chi connectivity index (χ0) is 19.8. The maximum atomic E-state index is 12.9. The molecular weight excluding hydrogens is 399 g/mol. The van der Waals surface area contributed by atoms with E-state index in [1.54, 1.807) is 12.1 Å². The fourth-order valence-electron chi connectivity index (χ4n) is 2.52. The van der Waals surface area contributed by atoms with Crippen molar-refractivity contribution in [2.24, 2.45) is 0 Å². The first-order valence-electron chi connectivity index (χ1n) is 7.87. The van der Waals surface area contributed by atoms with Gasteiger partial charge in [-0.3, -0.25) is 9.59 Å². The highest BCUT2D eigenvalue weighted by atomic mass is 32.2. The second-order valence-corrected chi connectivity index (χ2v) is 8.37. The van der Waals surface area contributed by atoms with Crippen LogP contribution in [0.25, 0.3) is 5.57 Å². The molecule has 3 rings (SSSR count). The fraction of sp³-hybridized carbons (Fsp3) is 0.222. The van der Waals surface area contributed by atoms with Gasteiger partial charge in [-0.15, -0.1) is 36.3 Å². The number of amides is 2. The average molecular weight is 413 g/mol. The normalized spacial score (nSPS) is 15.3. The fourth-order valence-corrected chi connectivity index (χ4v) is 4.34. The number of halogens is 3. The lowest BCUT2D eigenvalue weighted by Gasteiger charge is -2.16. The third-order valence-corrected chi connectivity index (χ3v) is 5.46. The van der Waals surface area contributed by atoms with E-state index in [1.807, 2.05) is 19.2 Å². The molecule has 1 aromatic carbocycles. The van der Waals surface area contributed by atoms with E-state index in [2.05, 4.69) is 4.74 Å². The molecule has 4 nitrogen and oxygen atoms in total. The molecule has 1 aromatic heterocycles. The van der Waals surface area contributed by atoms with Gasteiger partial charge in [-0.25, -0.2) is 4.90 Å². The minimum absolute atomic E-state index is 0.0780. The molecule has 0 unspecified atom stereocenters. The number of thiophene rings is 1. The summed E-state index contributed by atoms with van der Waals surface area (Å²) in [4.78, 5) is 27.8. The summed E-state index contributed by atoms with van der Waals surface area (Å²) >= 11 is 2.64.